The van der Waals surface area contributed by atoms with Crippen LogP contribution in [0.25, 0.3) is 10.9 Å². The minimum atomic E-state index is -0.210. The highest BCUT2D eigenvalue weighted by Gasteiger charge is 2.31. The van der Waals surface area contributed by atoms with Crippen LogP contribution in [0.5, 0.6) is 0 Å². The van der Waals surface area contributed by atoms with Crippen molar-refractivity contribution in [2.75, 3.05) is 0 Å². The van der Waals surface area contributed by atoms with Gasteiger partial charge in [-0.05, 0) is 79.8 Å². The van der Waals surface area contributed by atoms with Gasteiger partial charge in [-0.2, -0.15) is 0 Å². The van der Waals surface area contributed by atoms with Crippen molar-refractivity contribution in [3.63, 3.8) is 0 Å². The number of fused-ring (bicyclic) bond motifs is 1. The maximum absolute atomic E-state index is 13.3. The normalized spacial score (nSPS) is 13.0. The molecular weight excluding hydrogens is 448 g/mol. The molecule has 0 radical (unpaired) electrons. The van der Waals surface area contributed by atoms with Gasteiger partial charge in [-0.1, -0.05) is 56.7 Å². The van der Waals surface area contributed by atoms with E-state index < -0.39 is 0 Å². The fourth-order valence-electron chi connectivity index (χ4n) is 4.88. The predicted molar refractivity (Wildman–Crippen MR) is 145 cm³/mol. The topological polar surface area (TPSA) is 79.7 Å². The lowest BCUT2D eigenvalue weighted by Gasteiger charge is -2.33. The van der Waals surface area contributed by atoms with Crippen LogP contribution in [0, 0.1) is 13.8 Å². The van der Waals surface area contributed by atoms with Crippen LogP contribution in [-0.2, 0) is 18.6 Å². The van der Waals surface area contributed by atoms with Crippen LogP contribution in [0.3, 0.4) is 0 Å². The van der Waals surface area contributed by atoms with Crippen molar-refractivity contribution in [3.05, 3.63) is 87.0 Å². The third kappa shape index (κ3) is 5.41. The van der Waals surface area contributed by atoms with Gasteiger partial charge in [0.2, 0.25) is 0 Å². The van der Waals surface area contributed by atoms with Gasteiger partial charge in [-0.25, -0.2) is 4.68 Å². The molecule has 0 unspecified atom stereocenters. The van der Waals surface area contributed by atoms with E-state index in [1.165, 1.54) is 5.56 Å². The lowest BCUT2D eigenvalue weighted by molar-refractivity contribution is 0.145. The molecule has 0 aliphatic heterocycles. The molecule has 2 aromatic carbocycles. The predicted octanol–water partition coefficient (Wildman–Crippen LogP) is 5.82. The summed E-state index contributed by atoms with van der Waals surface area (Å²) in [5.74, 6) is 0.851. The highest BCUT2D eigenvalue weighted by molar-refractivity contribution is 5.83. The van der Waals surface area contributed by atoms with Crippen molar-refractivity contribution in [1.29, 1.82) is 0 Å². The van der Waals surface area contributed by atoms with Crippen LogP contribution in [-0.4, -0.2) is 30.1 Å². The van der Waals surface area contributed by atoms with Crippen LogP contribution >= 0.6 is 0 Å². The number of benzene rings is 2. The number of rotatable bonds is 10. The molecule has 4 aromatic rings. The zero-order valence-electron chi connectivity index (χ0n) is 22.4. The maximum Gasteiger partial charge on any atom is 0.252 e. The van der Waals surface area contributed by atoms with E-state index in [9.17, 15) is 4.79 Å². The summed E-state index contributed by atoms with van der Waals surface area (Å²) >= 11 is 0. The average Bonchev–Trinajstić information content (AvgIpc) is 3.34. The van der Waals surface area contributed by atoms with Crippen LogP contribution in [0.1, 0.15) is 81.1 Å². The van der Waals surface area contributed by atoms with Crippen molar-refractivity contribution < 1.29 is 0 Å². The Bertz CT molecular complexity index is 1370. The first-order chi connectivity index (χ1) is 17.2. The molecule has 36 heavy (non-hydrogen) atoms. The molecule has 0 fully saturated rings. The lowest BCUT2D eigenvalue weighted by Crippen LogP contribution is -2.36. The zero-order valence-corrected chi connectivity index (χ0v) is 22.4. The van der Waals surface area contributed by atoms with E-state index in [-0.39, 0.29) is 17.1 Å². The molecule has 2 heterocycles. The summed E-state index contributed by atoms with van der Waals surface area (Å²) in [7, 11) is 0. The van der Waals surface area contributed by atoms with Crippen LogP contribution in [0.2, 0.25) is 0 Å². The standard InChI is InChI=1S/C29H38N6O/c1-7-12-26(27-31-32-33-35(27)29(5,6)8-2)34(18-22-13-10-9-11-14-22)19-23-17-24-21(4)15-20(3)16-25(24)30-28(23)36/h9-11,13-17,26H,7-8,12,18-19H2,1-6H3,(H,30,36)/t26-/m1/s1. The summed E-state index contributed by atoms with van der Waals surface area (Å²) in [4.78, 5) is 18.7. The SMILES string of the molecule is CCC[C@H](c1nnnn1C(C)(C)CC)N(Cc1ccccc1)Cc1cc2c(C)cc(C)cc2[nH]c1=O. The van der Waals surface area contributed by atoms with Gasteiger partial charge < -0.3 is 4.98 Å². The summed E-state index contributed by atoms with van der Waals surface area (Å²) < 4.78 is 1.98. The highest BCUT2D eigenvalue weighted by atomic mass is 16.1. The summed E-state index contributed by atoms with van der Waals surface area (Å²) in [5, 5.41) is 14.1. The van der Waals surface area contributed by atoms with E-state index in [4.69, 9.17) is 0 Å². The first kappa shape index (κ1) is 25.8. The Morgan fingerprint density at radius 2 is 1.81 bits per heavy atom. The molecule has 7 nitrogen and oxygen atoms in total. The minimum Gasteiger partial charge on any atom is -0.322 e. The number of hydrogen-bond acceptors (Lipinski definition) is 5. The largest absolute Gasteiger partial charge is 0.322 e. The van der Waals surface area contributed by atoms with Crippen LogP contribution in [0.4, 0.5) is 0 Å². The molecule has 0 spiro atoms. The van der Waals surface area contributed by atoms with Crippen molar-refractivity contribution in [2.45, 2.75) is 85.5 Å². The number of aromatic amines is 1. The molecular formula is C29H38N6O. The molecule has 0 bridgehead atoms. The van der Waals surface area contributed by atoms with Gasteiger partial charge in [0.1, 0.15) is 0 Å². The number of tetrazole rings is 1. The lowest BCUT2D eigenvalue weighted by atomic mass is 10.00. The van der Waals surface area contributed by atoms with Crippen LogP contribution in [0.15, 0.2) is 53.3 Å². The number of pyridine rings is 1. The molecule has 7 heteroatoms. The second-order valence-corrected chi connectivity index (χ2v) is 10.5. The fourth-order valence-corrected chi connectivity index (χ4v) is 4.88. The highest BCUT2D eigenvalue weighted by Crippen LogP contribution is 2.31. The second kappa shape index (κ2) is 10.7. The number of aryl methyl sites for hydroxylation is 2. The molecule has 1 atom stereocenters. The number of nitrogens with zero attached hydrogens (tertiary/aromatic N) is 5. The van der Waals surface area contributed by atoms with Crippen molar-refractivity contribution in [1.82, 2.24) is 30.1 Å². The monoisotopic (exact) mass is 486 g/mol. The van der Waals surface area contributed by atoms with E-state index in [0.717, 1.165) is 52.7 Å². The molecule has 0 saturated carbocycles. The Labute approximate surface area is 213 Å². The first-order valence-corrected chi connectivity index (χ1v) is 12.9. The summed E-state index contributed by atoms with van der Waals surface area (Å²) in [6.07, 6.45) is 2.77. The molecule has 1 N–H and O–H groups in total. The molecule has 4 rings (SSSR count). The first-order valence-electron chi connectivity index (χ1n) is 12.9. The molecule has 190 valence electrons. The van der Waals surface area contributed by atoms with Crippen molar-refractivity contribution in [2.24, 2.45) is 0 Å². The Morgan fingerprint density at radius 3 is 2.50 bits per heavy atom. The Balaban J connectivity index is 1.81. The summed E-state index contributed by atoms with van der Waals surface area (Å²) in [6, 6.07) is 16.6. The molecule has 0 amide bonds. The summed E-state index contributed by atoms with van der Waals surface area (Å²) in [6.45, 7) is 14.0. The Hall–Kier alpha value is -3.32. The van der Waals surface area contributed by atoms with E-state index in [1.54, 1.807) is 0 Å². The number of H-pyrrole nitrogens is 1. The van der Waals surface area contributed by atoms with Crippen LogP contribution < -0.4 is 5.56 Å². The minimum absolute atomic E-state index is 0.0368. The van der Waals surface area contributed by atoms with Gasteiger partial charge in [-0.15, -0.1) is 5.10 Å². The number of aromatic nitrogens is 5. The zero-order chi connectivity index (χ0) is 25.9. The summed E-state index contributed by atoms with van der Waals surface area (Å²) in [5.41, 5.74) is 4.87. The van der Waals surface area contributed by atoms with Gasteiger partial charge in [0.05, 0.1) is 11.6 Å². The van der Waals surface area contributed by atoms with Crippen molar-refractivity contribution >= 4 is 10.9 Å². The smallest absolute Gasteiger partial charge is 0.252 e. The Morgan fingerprint density at radius 1 is 1.06 bits per heavy atom. The fraction of sp³-hybridized carbons (Fsp3) is 0.448. The average molecular weight is 487 g/mol. The Kier molecular flexibility index (Phi) is 7.69. The van der Waals surface area contributed by atoms with Gasteiger partial charge in [-0.3, -0.25) is 9.69 Å². The maximum atomic E-state index is 13.3. The second-order valence-electron chi connectivity index (χ2n) is 10.5. The van der Waals surface area contributed by atoms with E-state index >= 15 is 0 Å². The third-order valence-corrected chi connectivity index (χ3v) is 7.22. The van der Waals surface area contributed by atoms with E-state index in [2.05, 4.69) is 103 Å². The van der Waals surface area contributed by atoms with E-state index in [0.29, 0.717) is 13.1 Å². The van der Waals surface area contributed by atoms with Gasteiger partial charge in [0.25, 0.3) is 5.56 Å². The third-order valence-electron chi connectivity index (χ3n) is 7.22. The quantitative estimate of drug-likeness (QED) is 0.305. The molecule has 0 aliphatic rings. The molecule has 2 aromatic heterocycles. The number of hydrogen-bond donors (Lipinski definition) is 1. The van der Waals surface area contributed by atoms with Crippen molar-refractivity contribution in [3.8, 4) is 0 Å². The number of nitrogens with one attached hydrogen (secondary N) is 1. The van der Waals surface area contributed by atoms with E-state index in [1.807, 2.05) is 16.8 Å². The molecule has 0 aliphatic carbocycles. The van der Waals surface area contributed by atoms with Gasteiger partial charge >= 0.3 is 0 Å². The van der Waals surface area contributed by atoms with Gasteiger partial charge in [0.15, 0.2) is 5.82 Å². The van der Waals surface area contributed by atoms with Gasteiger partial charge in [0, 0.05) is 29.6 Å². The molecule has 0 saturated heterocycles.